The lowest BCUT2D eigenvalue weighted by Gasteiger charge is -2.20. The predicted octanol–water partition coefficient (Wildman–Crippen LogP) is 2.38. The summed E-state index contributed by atoms with van der Waals surface area (Å²) in [5.41, 5.74) is 1.26. The van der Waals surface area contributed by atoms with Gasteiger partial charge < -0.3 is 0 Å². The van der Waals surface area contributed by atoms with Crippen molar-refractivity contribution in [1.82, 2.24) is 0 Å². The Labute approximate surface area is 108 Å². The Bertz CT molecular complexity index is 799. The molecule has 0 radical (unpaired) electrons. The number of anilines is 1. The molecule has 1 aliphatic rings. The predicted molar refractivity (Wildman–Crippen MR) is 69.3 cm³/mol. The molecule has 0 aliphatic carbocycles. The lowest BCUT2D eigenvalue weighted by Crippen LogP contribution is -2.18. The van der Waals surface area contributed by atoms with Crippen molar-refractivity contribution in [3.8, 4) is 11.1 Å². The molecule has 6 nitrogen and oxygen atoms in total. The van der Waals surface area contributed by atoms with Crippen molar-refractivity contribution in [3.05, 3.63) is 52.6 Å². The van der Waals surface area contributed by atoms with E-state index < -0.39 is 14.9 Å². The second kappa shape index (κ2) is 3.79. The SMILES string of the molecule is O=[N+]([O-])c1ccc2c(c1)-c1ccccc1S(=O)(=O)N2. The molecular weight excluding hydrogens is 268 g/mol. The third-order valence-corrected chi connectivity index (χ3v) is 4.35. The van der Waals surface area contributed by atoms with E-state index in [1.807, 2.05) is 0 Å². The molecule has 1 aliphatic heterocycles. The zero-order valence-electron chi connectivity index (χ0n) is 9.53. The molecule has 0 atom stereocenters. The summed E-state index contributed by atoms with van der Waals surface area (Å²) in [4.78, 5) is 10.4. The highest BCUT2D eigenvalue weighted by Gasteiger charge is 2.28. The van der Waals surface area contributed by atoms with Gasteiger partial charge in [0.05, 0.1) is 15.5 Å². The fourth-order valence-corrected chi connectivity index (χ4v) is 3.38. The summed E-state index contributed by atoms with van der Waals surface area (Å²) >= 11 is 0. The van der Waals surface area contributed by atoms with E-state index in [9.17, 15) is 18.5 Å². The van der Waals surface area contributed by atoms with Crippen molar-refractivity contribution in [2.24, 2.45) is 0 Å². The average molecular weight is 276 g/mol. The Hall–Kier alpha value is -2.41. The number of nitro benzene ring substituents is 1. The van der Waals surface area contributed by atoms with E-state index in [1.54, 1.807) is 18.2 Å². The molecule has 0 unspecified atom stereocenters. The highest BCUT2D eigenvalue weighted by molar-refractivity contribution is 7.93. The first-order valence-electron chi connectivity index (χ1n) is 5.40. The Balaban J connectivity index is 2.34. The minimum absolute atomic E-state index is 0.0744. The third kappa shape index (κ3) is 1.75. The van der Waals surface area contributed by atoms with Gasteiger partial charge in [0, 0.05) is 23.3 Å². The standard InChI is InChI=1S/C12H8N2O4S/c15-14(16)8-5-6-11-10(7-8)9-3-1-2-4-12(9)19(17,18)13-11/h1-7,13H. The second-order valence-corrected chi connectivity index (χ2v) is 5.74. The number of non-ortho nitro benzene ring substituents is 1. The summed E-state index contributed by atoms with van der Waals surface area (Å²) in [5.74, 6) is 0. The molecule has 0 aromatic heterocycles. The molecule has 19 heavy (non-hydrogen) atoms. The molecule has 96 valence electrons. The van der Waals surface area contributed by atoms with Gasteiger partial charge in [-0.15, -0.1) is 0 Å². The fourth-order valence-electron chi connectivity index (χ4n) is 2.08. The van der Waals surface area contributed by atoms with Gasteiger partial charge in [-0.2, -0.15) is 0 Å². The average Bonchev–Trinajstić information content (AvgIpc) is 2.38. The first-order chi connectivity index (χ1) is 8.99. The number of hydrogen-bond acceptors (Lipinski definition) is 4. The third-order valence-electron chi connectivity index (χ3n) is 2.93. The van der Waals surface area contributed by atoms with Gasteiger partial charge in [-0.05, 0) is 12.1 Å². The molecule has 3 rings (SSSR count). The molecule has 0 amide bonds. The molecule has 0 saturated heterocycles. The van der Waals surface area contributed by atoms with Crippen LogP contribution in [-0.4, -0.2) is 13.3 Å². The summed E-state index contributed by atoms with van der Waals surface area (Å²) in [6.07, 6.45) is 0. The van der Waals surface area contributed by atoms with Gasteiger partial charge in [-0.1, -0.05) is 18.2 Å². The maximum Gasteiger partial charge on any atom is 0.270 e. The first-order valence-corrected chi connectivity index (χ1v) is 6.88. The summed E-state index contributed by atoms with van der Waals surface area (Å²) in [6, 6.07) is 10.5. The topological polar surface area (TPSA) is 89.3 Å². The normalized spacial score (nSPS) is 14.9. The van der Waals surface area contributed by atoms with Gasteiger partial charge in [0.1, 0.15) is 0 Å². The lowest BCUT2D eigenvalue weighted by molar-refractivity contribution is -0.384. The van der Waals surface area contributed by atoms with E-state index in [2.05, 4.69) is 4.72 Å². The Morgan fingerprint density at radius 3 is 2.53 bits per heavy atom. The fraction of sp³-hybridized carbons (Fsp3) is 0. The van der Waals surface area contributed by atoms with E-state index in [1.165, 1.54) is 24.3 Å². The lowest BCUT2D eigenvalue weighted by atomic mass is 10.0. The van der Waals surface area contributed by atoms with Crippen molar-refractivity contribution in [2.75, 3.05) is 4.72 Å². The summed E-state index contributed by atoms with van der Waals surface area (Å²) in [6.45, 7) is 0. The Morgan fingerprint density at radius 1 is 1.05 bits per heavy atom. The van der Waals surface area contributed by atoms with E-state index >= 15 is 0 Å². The van der Waals surface area contributed by atoms with Crippen LogP contribution in [0.3, 0.4) is 0 Å². The number of benzene rings is 2. The second-order valence-electron chi connectivity index (χ2n) is 4.09. The van der Waals surface area contributed by atoms with E-state index in [-0.39, 0.29) is 10.6 Å². The molecule has 2 aromatic rings. The molecule has 2 aromatic carbocycles. The van der Waals surface area contributed by atoms with Crippen LogP contribution >= 0.6 is 0 Å². The van der Waals surface area contributed by atoms with E-state index in [0.717, 1.165) is 0 Å². The van der Waals surface area contributed by atoms with Crippen LogP contribution in [0.4, 0.5) is 11.4 Å². The van der Waals surface area contributed by atoms with Crippen molar-refractivity contribution in [3.63, 3.8) is 0 Å². The molecular formula is C12H8N2O4S. The monoisotopic (exact) mass is 276 g/mol. The van der Waals surface area contributed by atoms with Gasteiger partial charge in [0.15, 0.2) is 0 Å². The summed E-state index contributed by atoms with van der Waals surface area (Å²) in [5, 5.41) is 10.8. The molecule has 0 bridgehead atoms. The van der Waals surface area contributed by atoms with Gasteiger partial charge in [-0.3, -0.25) is 14.8 Å². The molecule has 1 N–H and O–H groups in total. The van der Waals surface area contributed by atoms with Gasteiger partial charge in [0.2, 0.25) is 0 Å². The number of nitrogens with zero attached hydrogens (tertiary/aromatic N) is 1. The van der Waals surface area contributed by atoms with Crippen molar-refractivity contribution in [1.29, 1.82) is 0 Å². The number of nitro groups is 1. The van der Waals surface area contributed by atoms with E-state index in [0.29, 0.717) is 16.8 Å². The number of fused-ring (bicyclic) bond motifs is 3. The van der Waals surface area contributed by atoms with Gasteiger partial charge in [-0.25, -0.2) is 8.42 Å². The number of sulfonamides is 1. The van der Waals surface area contributed by atoms with Crippen LogP contribution in [0.15, 0.2) is 47.4 Å². The Morgan fingerprint density at radius 2 is 1.79 bits per heavy atom. The molecule has 7 heteroatoms. The van der Waals surface area contributed by atoms with Gasteiger partial charge >= 0.3 is 0 Å². The highest BCUT2D eigenvalue weighted by Crippen LogP contribution is 2.40. The zero-order valence-corrected chi connectivity index (χ0v) is 10.3. The summed E-state index contributed by atoms with van der Waals surface area (Å²) in [7, 11) is -3.61. The highest BCUT2D eigenvalue weighted by atomic mass is 32.2. The minimum atomic E-state index is -3.61. The smallest absolute Gasteiger partial charge is 0.270 e. The van der Waals surface area contributed by atoms with Crippen LogP contribution in [0.5, 0.6) is 0 Å². The number of rotatable bonds is 1. The number of hydrogen-bond donors (Lipinski definition) is 1. The van der Waals surface area contributed by atoms with Crippen LogP contribution in [0, 0.1) is 10.1 Å². The number of nitrogens with one attached hydrogen (secondary N) is 1. The van der Waals surface area contributed by atoms with Crippen molar-refractivity contribution >= 4 is 21.4 Å². The first kappa shape index (κ1) is 11.7. The van der Waals surface area contributed by atoms with Crippen molar-refractivity contribution < 1.29 is 13.3 Å². The van der Waals surface area contributed by atoms with Crippen LogP contribution < -0.4 is 4.72 Å². The quantitative estimate of drug-likeness (QED) is 0.639. The maximum atomic E-state index is 12.0. The van der Waals surface area contributed by atoms with Crippen LogP contribution in [-0.2, 0) is 10.0 Å². The molecule has 1 heterocycles. The van der Waals surface area contributed by atoms with Crippen LogP contribution in [0.25, 0.3) is 11.1 Å². The summed E-state index contributed by atoms with van der Waals surface area (Å²) < 4.78 is 26.4. The van der Waals surface area contributed by atoms with Crippen LogP contribution in [0.1, 0.15) is 0 Å². The van der Waals surface area contributed by atoms with Crippen LogP contribution in [0.2, 0.25) is 0 Å². The van der Waals surface area contributed by atoms with E-state index in [4.69, 9.17) is 0 Å². The Kier molecular flexibility index (Phi) is 2.33. The molecule has 0 saturated carbocycles. The molecule has 0 fully saturated rings. The maximum absolute atomic E-state index is 12.0. The molecule has 0 spiro atoms. The van der Waals surface area contributed by atoms with Crippen molar-refractivity contribution in [2.45, 2.75) is 4.90 Å². The minimum Gasteiger partial charge on any atom is -0.279 e. The van der Waals surface area contributed by atoms with Gasteiger partial charge in [0.25, 0.3) is 15.7 Å². The zero-order chi connectivity index (χ0) is 13.6. The largest absolute Gasteiger partial charge is 0.279 e.